The van der Waals surface area contributed by atoms with Gasteiger partial charge in [-0.05, 0) is 25.6 Å². The largest absolute Gasteiger partial charge is 0.384 e. The molecular weight excluding hydrogens is 224 g/mol. The molecule has 0 amide bonds. The van der Waals surface area contributed by atoms with Crippen molar-refractivity contribution in [3.05, 3.63) is 17.7 Å². The third-order valence-corrected chi connectivity index (χ3v) is 3.04. The summed E-state index contributed by atoms with van der Waals surface area (Å²) < 4.78 is 1.90. The van der Waals surface area contributed by atoms with E-state index in [1.165, 1.54) is 11.8 Å². The topological polar surface area (TPSA) is 82.5 Å². The molecule has 0 spiro atoms. The smallest absolute Gasteiger partial charge is 0.197 e. The highest BCUT2D eigenvalue weighted by Gasteiger charge is 2.08. The second-order valence-corrected chi connectivity index (χ2v) is 4.36. The summed E-state index contributed by atoms with van der Waals surface area (Å²) >= 11 is 1.42. The zero-order valence-corrected chi connectivity index (χ0v) is 10.1. The number of nitrogens with two attached hydrogens (primary N) is 1. The maximum Gasteiger partial charge on any atom is 0.197 e. The van der Waals surface area contributed by atoms with Crippen LogP contribution in [0.4, 0.5) is 5.82 Å². The van der Waals surface area contributed by atoms with Crippen molar-refractivity contribution in [2.24, 2.45) is 7.05 Å². The van der Waals surface area contributed by atoms with Gasteiger partial charge in [0.1, 0.15) is 22.5 Å². The van der Waals surface area contributed by atoms with Crippen LogP contribution in [0, 0.1) is 13.8 Å². The molecule has 0 saturated carbocycles. The third kappa shape index (κ3) is 2.13. The van der Waals surface area contributed by atoms with Gasteiger partial charge in [-0.1, -0.05) is 0 Å². The van der Waals surface area contributed by atoms with Crippen molar-refractivity contribution < 1.29 is 0 Å². The molecule has 2 rings (SSSR count). The molecule has 0 unspecified atom stereocenters. The Morgan fingerprint density at radius 3 is 2.56 bits per heavy atom. The molecule has 0 atom stereocenters. The molecule has 0 bridgehead atoms. The number of rotatable bonds is 2. The van der Waals surface area contributed by atoms with Crippen LogP contribution in [0.3, 0.4) is 0 Å². The molecular formula is C9H12N6S. The van der Waals surface area contributed by atoms with E-state index in [4.69, 9.17) is 5.73 Å². The van der Waals surface area contributed by atoms with E-state index in [1.54, 1.807) is 6.07 Å². The van der Waals surface area contributed by atoms with Gasteiger partial charge in [0.15, 0.2) is 5.16 Å². The molecule has 16 heavy (non-hydrogen) atoms. The van der Waals surface area contributed by atoms with Crippen molar-refractivity contribution in [1.82, 2.24) is 24.7 Å². The Balaban J connectivity index is 2.30. The Hall–Kier alpha value is -1.63. The van der Waals surface area contributed by atoms with E-state index in [2.05, 4.69) is 20.2 Å². The molecule has 2 N–H and O–H groups in total. The van der Waals surface area contributed by atoms with Crippen LogP contribution in [-0.2, 0) is 7.05 Å². The Kier molecular flexibility index (Phi) is 2.78. The van der Waals surface area contributed by atoms with Crippen LogP contribution in [0.15, 0.2) is 16.2 Å². The summed E-state index contributed by atoms with van der Waals surface area (Å²) in [7, 11) is 1.91. The molecule has 2 aromatic heterocycles. The van der Waals surface area contributed by atoms with E-state index in [1.807, 2.05) is 25.5 Å². The van der Waals surface area contributed by atoms with Gasteiger partial charge >= 0.3 is 0 Å². The minimum Gasteiger partial charge on any atom is -0.384 e. The summed E-state index contributed by atoms with van der Waals surface area (Å²) in [4.78, 5) is 8.28. The molecule has 0 fully saturated rings. The molecule has 2 aromatic rings. The minimum absolute atomic E-state index is 0.467. The molecule has 6 nitrogen and oxygen atoms in total. The van der Waals surface area contributed by atoms with Gasteiger partial charge < -0.3 is 10.3 Å². The average Bonchev–Trinajstić information content (AvgIpc) is 2.48. The number of aromatic nitrogens is 5. The number of nitrogen functional groups attached to an aromatic ring is 1. The van der Waals surface area contributed by atoms with Gasteiger partial charge in [0, 0.05) is 13.1 Å². The lowest BCUT2D eigenvalue weighted by atomic mass is 10.5. The number of anilines is 1. The van der Waals surface area contributed by atoms with Crippen LogP contribution in [0.25, 0.3) is 0 Å². The van der Waals surface area contributed by atoms with Crippen LogP contribution < -0.4 is 5.73 Å². The highest BCUT2D eigenvalue weighted by Crippen LogP contribution is 2.24. The summed E-state index contributed by atoms with van der Waals surface area (Å²) in [6.07, 6.45) is 0. The molecule has 84 valence electrons. The van der Waals surface area contributed by atoms with Crippen LogP contribution >= 0.6 is 11.8 Å². The van der Waals surface area contributed by atoms with Crippen LogP contribution in [0.1, 0.15) is 11.6 Å². The fourth-order valence-electron chi connectivity index (χ4n) is 1.18. The van der Waals surface area contributed by atoms with Crippen LogP contribution in [-0.4, -0.2) is 24.7 Å². The van der Waals surface area contributed by atoms with Crippen LogP contribution in [0.5, 0.6) is 0 Å². The normalized spacial score (nSPS) is 10.7. The lowest BCUT2D eigenvalue weighted by Crippen LogP contribution is -1.98. The zero-order chi connectivity index (χ0) is 11.7. The second-order valence-electron chi connectivity index (χ2n) is 3.37. The summed E-state index contributed by atoms with van der Waals surface area (Å²) in [6, 6.07) is 1.72. The molecule has 0 saturated heterocycles. The second kappa shape index (κ2) is 4.09. The van der Waals surface area contributed by atoms with Gasteiger partial charge in [0.25, 0.3) is 0 Å². The van der Waals surface area contributed by atoms with E-state index in [9.17, 15) is 0 Å². The maximum atomic E-state index is 5.65. The predicted octanol–water partition coefficient (Wildman–Crippen LogP) is 0.955. The SMILES string of the molecule is Cc1nc(N)cc(Sc2nnc(C)n2C)n1. The van der Waals surface area contributed by atoms with E-state index in [-0.39, 0.29) is 0 Å². The molecule has 0 aliphatic heterocycles. The van der Waals surface area contributed by atoms with Crippen LogP contribution in [0.2, 0.25) is 0 Å². The summed E-state index contributed by atoms with van der Waals surface area (Å²) in [5, 5.41) is 9.58. The number of hydrogen-bond acceptors (Lipinski definition) is 6. The lowest BCUT2D eigenvalue weighted by molar-refractivity contribution is 0.764. The highest BCUT2D eigenvalue weighted by atomic mass is 32.2. The standard InChI is InChI=1S/C9H12N6S/c1-5-11-7(10)4-8(12-5)16-9-14-13-6(2)15(9)3/h4H,1-3H3,(H2,10,11,12). The minimum atomic E-state index is 0.467. The van der Waals surface area contributed by atoms with Crippen molar-refractivity contribution in [3.8, 4) is 0 Å². The van der Waals surface area contributed by atoms with E-state index in [0.29, 0.717) is 11.6 Å². The fraction of sp³-hybridized carbons (Fsp3) is 0.333. The molecule has 0 radical (unpaired) electrons. The predicted molar refractivity (Wildman–Crippen MR) is 61.0 cm³/mol. The van der Waals surface area contributed by atoms with Gasteiger partial charge in [0.05, 0.1) is 0 Å². The highest BCUT2D eigenvalue weighted by molar-refractivity contribution is 7.99. The van der Waals surface area contributed by atoms with Gasteiger partial charge in [-0.3, -0.25) is 0 Å². The molecule has 0 aliphatic rings. The fourth-order valence-corrected chi connectivity index (χ4v) is 2.08. The van der Waals surface area contributed by atoms with Gasteiger partial charge in [-0.25, -0.2) is 9.97 Å². The van der Waals surface area contributed by atoms with Crippen molar-refractivity contribution in [1.29, 1.82) is 0 Å². The Bertz CT molecular complexity index is 500. The molecule has 2 heterocycles. The van der Waals surface area contributed by atoms with Gasteiger partial charge in [0.2, 0.25) is 0 Å². The quantitative estimate of drug-likeness (QED) is 0.782. The number of nitrogens with zero attached hydrogens (tertiary/aromatic N) is 5. The van der Waals surface area contributed by atoms with E-state index in [0.717, 1.165) is 16.0 Å². The Labute approximate surface area is 97.3 Å². The zero-order valence-electron chi connectivity index (χ0n) is 9.30. The number of hydrogen-bond donors (Lipinski definition) is 1. The molecule has 0 aromatic carbocycles. The lowest BCUT2D eigenvalue weighted by Gasteiger charge is -2.02. The first-order valence-corrected chi connectivity index (χ1v) is 5.53. The van der Waals surface area contributed by atoms with Crippen molar-refractivity contribution >= 4 is 17.6 Å². The van der Waals surface area contributed by atoms with Gasteiger partial charge in [-0.2, -0.15) is 0 Å². The number of aryl methyl sites for hydroxylation is 2. The first kappa shape index (κ1) is 10.9. The maximum absolute atomic E-state index is 5.65. The van der Waals surface area contributed by atoms with Crippen molar-refractivity contribution in [2.45, 2.75) is 24.0 Å². The summed E-state index contributed by atoms with van der Waals surface area (Å²) in [6.45, 7) is 3.71. The Morgan fingerprint density at radius 2 is 2.00 bits per heavy atom. The third-order valence-electron chi connectivity index (χ3n) is 2.08. The monoisotopic (exact) mass is 236 g/mol. The van der Waals surface area contributed by atoms with Gasteiger partial charge in [-0.15, -0.1) is 10.2 Å². The molecule has 7 heteroatoms. The first-order valence-electron chi connectivity index (χ1n) is 4.71. The average molecular weight is 236 g/mol. The van der Waals surface area contributed by atoms with Crippen molar-refractivity contribution in [3.63, 3.8) is 0 Å². The molecule has 0 aliphatic carbocycles. The first-order chi connectivity index (χ1) is 7.56. The summed E-state index contributed by atoms with van der Waals surface area (Å²) in [5.41, 5.74) is 5.65. The Morgan fingerprint density at radius 1 is 1.25 bits per heavy atom. The summed E-state index contributed by atoms with van der Waals surface area (Å²) in [5.74, 6) is 1.98. The van der Waals surface area contributed by atoms with E-state index < -0.39 is 0 Å². The van der Waals surface area contributed by atoms with Crippen molar-refractivity contribution in [2.75, 3.05) is 5.73 Å². The van der Waals surface area contributed by atoms with E-state index >= 15 is 0 Å².